The van der Waals surface area contributed by atoms with E-state index >= 15 is 0 Å². The number of carbonyl (C=O) groups excluding carboxylic acids is 2. The van der Waals surface area contributed by atoms with E-state index in [4.69, 9.17) is 10.8 Å². The molecule has 1 heterocycles. The summed E-state index contributed by atoms with van der Waals surface area (Å²) in [7, 11) is 0. The molecule has 0 aliphatic carbocycles. The molecule has 1 fully saturated rings. The van der Waals surface area contributed by atoms with Crippen molar-refractivity contribution in [3.63, 3.8) is 0 Å². The molecule has 3 aromatic carbocycles. The van der Waals surface area contributed by atoms with E-state index in [1.807, 2.05) is 18.2 Å². The van der Waals surface area contributed by atoms with Gasteiger partial charge in [0.05, 0.1) is 0 Å². The van der Waals surface area contributed by atoms with Crippen LogP contribution in [-0.2, 0) is 14.4 Å². The second kappa shape index (κ2) is 12.8. The van der Waals surface area contributed by atoms with Gasteiger partial charge in [0.15, 0.2) is 0 Å². The van der Waals surface area contributed by atoms with Crippen LogP contribution in [0.4, 0.5) is 0 Å². The predicted octanol–water partition coefficient (Wildman–Crippen LogP) is 4.27. The number of nitrogens with two attached hydrogens (primary N) is 1. The number of rotatable bonds is 13. The van der Waals surface area contributed by atoms with E-state index in [0.717, 1.165) is 30.8 Å². The number of thioether (sulfide) groups is 1. The van der Waals surface area contributed by atoms with Crippen LogP contribution in [-0.4, -0.2) is 57.5 Å². The number of nitrogens with zero attached hydrogens (tertiary/aromatic N) is 1. The summed E-state index contributed by atoms with van der Waals surface area (Å²) in [4.78, 5) is 37.7. The van der Waals surface area contributed by atoms with Crippen LogP contribution in [0.5, 0.6) is 0 Å². The molecule has 39 heavy (non-hydrogen) atoms. The maximum atomic E-state index is 12.8. The van der Waals surface area contributed by atoms with Gasteiger partial charge in [-0.3, -0.25) is 4.79 Å². The first-order valence-electron chi connectivity index (χ1n) is 13.1. The average Bonchev–Trinajstić information content (AvgIpc) is 3.24. The summed E-state index contributed by atoms with van der Waals surface area (Å²) >= 11 is 5.62. The smallest absolute Gasteiger partial charge is 0.480 e. The van der Waals surface area contributed by atoms with Crippen LogP contribution in [0.2, 0.25) is 0 Å². The maximum absolute atomic E-state index is 12.8. The SMILES string of the molecule is N[C@@H](CSC1CC(=O)N(CCCCCP(Br)(c2ccccc2)(c2ccccc2)c2ccccc2)C1=O)C(=O)O. The molecule has 0 bridgehead atoms. The fourth-order valence-electron chi connectivity index (χ4n) is 5.22. The Balaban J connectivity index is 1.48. The van der Waals surface area contributed by atoms with Crippen molar-refractivity contribution >= 4 is 66.3 Å². The first-order chi connectivity index (χ1) is 18.7. The minimum atomic E-state index is -2.99. The van der Waals surface area contributed by atoms with Gasteiger partial charge in [-0.2, -0.15) is 0 Å². The summed E-state index contributed by atoms with van der Waals surface area (Å²) < 4.78 is 0. The zero-order chi connectivity index (χ0) is 27.9. The summed E-state index contributed by atoms with van der Waals surface area (Å²) in [5.74, 6) is -1.44. The van der Waals surface area contributed by atoms with Crippen molar-refractivity contribution in [1.29, 1.82) is 0 Å². The van der Waals surface area contributed by atoms with Gasteiger partial charge in [-0.25, -0.2) is 0 Å². The van der Waals surface area contributed by atoms with E-state index < -0.39 is 22.6 Å². The molecule has 2 amide bonds. The summed E-state index contributed by atoms with van der Waals surface area (Å²) in [6.45, 7) is 0.375. The molecule has 0 saturated carbocycles. The number of carboxylic acid groups (broad SMARTS) is 1. The Bertz CT molecular complexity index is 1200. The molecule has 1 aliphatic heterocycles. The number of unbranched alkanes of at least 4 members (excludes halogenated alkanes) is 2. The summed E-state index contributed by atoms with van der Waals surface area (Å²) in [5.41, 5.74) is 5.56. The molecule has 2 atom stereocenters. The Hall–Kier alpha value is -2.51. The Labute approximate surface area is 242 Å². The predicted molar refractivity (Wildman–Crippen MR) is 166 cm³/mol. The number of amides is 2. The fraction of sp³-hybridized carbons (Fsp3) is 0.300. The van der Waals surface area contributed by atoms with Gasteiger partial charge in [0, 0.05) is 0 Å². The van der Waals surface area contributed by atoms with Crippen LogP contribution in [0.3, 0.4) is 0 Å². The number of hydrogen-bond donors (Lipinski definition) is 2. The fourth-order valence-corrected chi connectivity index (χ4v) is 14.1. The van der Waals surface area contributed by atoms with Gasteiger partial charge in [0.1, 0.15) is 0 Å². The quantitative estimate of drug-likeness (QED) is 0.167. The molecule has 1 saturated heterocycles. The molecule has 4 rings (SSSR count). The van der Waals surface area contributed by atoms with Gasteiger partial charge in [0.25, 0.3) is 0 Å². The molecular formula is C30H34BrN2O4PS. The van der Waals surface area contributed by atoms with Crippen LogP contribution in [0.25, 0.3) is 0 Å². The molecule has 0 spiro atoms. The number of imide groups is 1. The number of likely N-dealkylation sites (tertiary alicyclic amines) is 1. The number of halogens is 1. The Morgan fingerprint density at radius 2 is 1.38 bits per heavy atom. The molecule has 0 aromatic heterocycles. The van der Waals surface area contributed by atoms with Gasteiger partial charge >= 0.3 is 233 Å². The molecule has 9 heteroatoms. The first kappa shape index (κ1) is 29.5. The van der Waals surface area contributed by atoms with Crippen molar-refractivity contribution in [3.05, 3.63) is 91.0 Å². The third-order valence-electron chi connectivity index (χ3n) is 7.34. The van der Waals surface area contributed by atoms with E-state index in [1.165, 1.54) is 20.8 Å². The van der Waals surface area contributed by atoms with Gasteiger partial charge in [-0.15, -0.1) is 0 Å². The molecule has 6 nitrogen and oxygen atoms in total. The van der Waals surface area contributed by atoms with Crippen LogP contribution >= 0.6 is 32.6 Å². The van der Waals surface area contributed by atoms with Crippen LogP contribution < -0.4 is 21.6 Å². The van der Waals surface area contributed by atoms with Crippen LogP contribution in [0.1, 0.15) is 25.7 Å². The van der Waals surface area contributed by atoms with Crippen molar-refractivity contribution in [3.8, 4) is 0 Å². The third kappa shape index (κ3) is 6.14. The third-order valence-corrected chi connectivity index (χ3v) is 18.7. The van der Waals surface area contributed by atoms with Crippen molar-refractivity contribution in [1.82, 2.24) is 4.90 Å². The minimum Gasteiger partial charge on any atom is -0.480 e. The first-order valence-corrected chi connectivity index (χ1v) is 18.6. The standard InChI is InChI=1S/C30H34BrN2O4PS/c31-38(23-13-5-1-6-14-23,24-15-7-2-8-16-24,25-17-9-3-10-18-25)20-12-4-11-19-33-28(34)21-27(29(33)35)39-22-26(32)30(36)37/h1-3,5-10,13-18,26-27H,4,11-12,19-22,32H2,(H,36,37)/t26-,27?/m0/s1. The van der Waals surface area contributed by atoms with Crippen LogP contribution in [0.15, 0.2) is 91.0 Å². The molecular weight excluding hydrogens is 595 g/mol. The van der Waals surface area contributed by atoms with E-state index in [-0.39, 0.29) is 24.0 Å². The number of benzene rings is 3. The normalized spacial score (nSPS) is 17.5. The number of carboxylic acids is 1. The molecule has 3 N–H and O–H groups in total. The van der Waals surface area contributed by atoms with Gasteiger partial charge in [0.2, 0.25) is 0 Å². The summed E-state index contributed by atoms with van der Waals surface area (Å²) in [6.07, 6.45) is 3.47. The average molecular weight is 630 g/mol. The Kier molecular flexibility index (Phi) is 9.65. The minimum absolute atomic E-state index is 0.101. The van der Waals surface area contributed by atoms with Gasteiger partial charge in [-0.05, 0) is 0 Å². The number of aliphatic carboxylic acids is 1. The second-order valence-electron chi connectivity index (χ2n) is 9.83. The zero-order valence-corrected chi connectivity index (χ0v) is 25.0. The molecule has 1 unspecified atom stereocenters. The second-order valence-corrected chi connectivity index (χ2v) is 20.1. The van der Waals surface area contributed by atoms with E-state index in [2.05, 4.69) is 88.3 Å². The van der Waals surface area contributed by atoms with E-state index in [1.54, 1.807) is 0 Å². The number of hydrogen-bond acceptors (Lipinski definition) is 5. The van der Waals surface area contributed by atoms with E-state index in [9.17, 15) is 14.4 Å². The van der Waals surface area contributed by atoms with E-state index in [0.29, 0.717) is 13.0 Å². The Morgan fingerprint density at radius 3 is 1.85 bits per heavy atom. The van der Waals surface area contributed by atoms with Crippen molar-refractivity contribution in [2.24, 2.45) is 5.73 Å². The zero-order valence-electron chi connectivity index (χ0n) is 21.7. The van der Waals surface area contributed by atoms with Gasteiger partial charge in [-0.1, -0.05) is 0 Å². The molecule has 206 valence electrons. The summed E-state index contributed by atoms with van der Waals surface area (Å²) in [5, 5.41) is 9.25. The molecule has 0 radical (unpaired) electrons. The molecule has 3 aromatic rings. The van der Waals surface area contributed by atoms with Gasteiger partial charge < -0.3 is 5.11 Å². The summed E-state index contributed by atoms with van der Waals surface area (Å²) in [6, 6.07) is 30.9. The van der Waals surface area contributed by atoms with Crippen molar-refractivity contribution < 1.29 is 19.5 Å². The van der Waals surface area contributed by atoms with Crippen molar-refractivity contribution in [2.45, 2.75) is 37.0 Å². The van der Waals surface area contributed by atoms with Crippen LogP contribution in [0, 0.1) is 0 Å². The van der Waals surface area contributed by atoms with Crippen molar-refractivity contribution in [2.75, 3.05) is 18.5 Å². The topological polar surface area (TPSA) is 101 Å². The number of carbonyl (C=O) groups is 3. The molecule has 1 aliphatic rings. The Morgan fingerprint density at radius 1 is 0.897 bits per heavy atom. The monoisotopic (exact) mass is 628 g/mol.